The van der Waals surface area contributed by atoms with Gasteiger partial charge in [0.2, 0.25) is 0 Å². The van der Waals surface area contributed by atoms with Crippen molar-refractivity contribution in [1.29, 1.82) is 0 Å². The van der Waals surface area contributed by atoms with Gasteiger partial charge in [0.1, 0.15) is 0 Å². The standard InChI is InChI=1S/C16H20N2OS2/c1-18(2)13(14-4-3-8-20-14)10-17-16(19)15-12(7-9-21-15)11-5-6-11/h3-4,7-9,11,13H,5-6,10H2,1-2H3,(H,17,19)/t13-/m1/s1. The summed E-state index contributed by atoms with van der Waals surface area (Å²) in [5.74, 6) is 0.703. The van der Waals surface area contributed by atoms with E-state index in [0.29, 0.717) is 12.5 Å². The highest BCUT2D eigenvalue weighted by molar-refractivity contribution is 7.12. The van der Waals surface area contributed by atoms with Gasteiger partial charge in [0.25, 0.3) is 5.91 Å². The van der Waals surface area contributed by atoms with Crippen molar-refractivity contribution in [2.75, 3.05) is 20.6 Å². The maximum atomic E-state index is 12.4. The Labute approximate surface area is 133 Å². The Hall–Kier alpha value is -1.17. The zero-order chi connectivity index (χ0) is 14.8. The molecule has 5 heteroatoms. The Bertz CT molecular complexity index is 600. The zero-order valence-electron chi connectivity index (χ0n) is 12.3. The van der Waals surface area contributed by atoms with Gasteiger partial charge in [0.15, 0.2) is 0 Å². The van der Waals surface area contributed by atoms with Gasteiger partial charge < -0.3 is 10.2 Å². The maximum absolute atomic E-state index is 12.4. The highest BCUT2D eigenvalue weighted by atomic mass is 32.1. The molecule has 0 unspecified atom stereocenters. The van der Waals surface area contributed by atoms with Gasteiger partial charge in [-0.05, 0) is 61.3 Å². The lowest BCUT2D eigenvalue weighted by atomic mass is 10.1. The third-order valence-electron chi connectivity index (χ3n) is 3.87. The van der Waals surface area contributed by atoms with Crippen LogP contribution in [0, 0.1) is 0 Å². The Morgan fingerprint density at radius 3 is 2.76 bits per heavy atom. The Morgan fingerprint density at radius 1 is 1.33 bits per heavy atom. The number of rotatable bonds is 6. The molecular formula is C16H20N2OS2. The van der Waals surface area contributed by atoms with Crippen LogP contribution >= 0.6 is 22.7 Å². The highest BCUT2D eigenvalue weighted by Gasteiger charge is 2.29. The molecule has 0 bridgehead atoms. The van der Waals surface area contributed by atoms with Gasteiger partial charge in [-0.15, -0.1) is 22.7 Å². The van der Waals surface area contributed by atoms with E-state index < -0.39 is 0 Å². The molecule has 2 aromatic heterocycles. The van der Waals surface area contributed by atoms with Crippen molar-refractivity contribution in [1.82, 2.24) is 10.2 Å². The molecule has 1 amide bonds. The van der Waals surface area contributed by atoms with Crippen LogP contribution in [0.3, 0.4) is 0 Å². The summed E-state index contributed by atoms with van der Waals surface area (Å²) in [4.78, 5) is 16.8. The molecule has 2 heterocycles. The van der Waals surface area contributed by atoms with E-state index in [1.165, 1.54) is 23.3 Å². The third kappa shape index (κ3) is 3.36. The summed E-state index contributed by atoms with van der Waals surface area (Å²) in [6, 6.07) is 6.53. The number of nitrogens with zero attached hydrogens (tertiary/aromatic N) is 1. The van der Waals surface area contributed by atoms with Crippen LogP contribution in [0.25, 0.3) is 0 Å². The minimum atomic E-state index is 0.0790. The fourth-order valence-electron chi connectivity index (χ4n) is 2.51. The number of carbonyl (C=O) groups excluding carboxylic acids is 1. The molecule has 1 aliphatic rings. The second-order valence-corrected chi connectivity index (χ2v) is 7.58. The molecule has 1 fully saturated rings. The molecule has 112 valence electrons. The van der Waals surface area contributed by atoms with Crippen LogP contribution in [0.2, 0.25) is 0 Å². The first-order valence-corrected chi connectivity index (χ1v) is 8.98. The number of amides is 1. The number of carbonyl (C=O) groups is 1. The Morgan fingerprint density at radius 2 is 2.14 bits per heavy atom. The summed E-state index contributed by atoms with van der Waals surface area (Å²) in [5.41, 5.74) is 1.25. The van der Waals surface area contributed by atoms with Gasteiger partial charge >= 0.3 is 0 Å². The number of thiophene rings is 2. The second-order valence-electron chi connectivity index (χ2n) is 5.68. The lowest BCUT2D eigenvalue weighted by Gasteiger charge is -2.23. The molecule has 0 radical (unpaired) electrons. The van der Waals surface area contributed by atoms with Crippen molar-refractivity contribution >= 4 is 28.6 Å². The lowest BCUT2D eigenvalue weighted by molar-refractivity contribution is 0.0945. The van der Waals surface area contributed by atoms with E-state index in [4.69, 9.17) is 0 Å². The molecule has 1 N–H and O–H groups in total. The van der Waals surface area contributed by atoms with E-state index in [1.54, 1.807) is 22.7 Å². The SMILES string of the molecule is CN(C)[C@H](CNC(=O)c1sccc1C1CC1)c1cccs1. The average molecular weight is 320 g/mol. The van der Waals surface area contributed by atoms with E-state index in [0.717, 1.165) is 4.88 Å². The smallest absolute Gasteiger partial charge is 0.261 e. The third-order valence-corrected chi connectivity index (χ3v) is 5.77. The molecule has 21 heavy (non-hydrogen) atoms. The van der Waals surface area contributed by atoms with Crippen LogP contribution in [-0.2, 0) is 0 Å². The number of likely N-dealkylation sites (N-methyl/N-ethyl adjacent to an activating group) is 1. The van der Waals surface area contributed by atoms with Crippen LogP contribution in [0.5, 0.6) is 0 Å². The predicted molar refractivity (Wildman–Crippen MR) is 89.4 cm³/mol. The quantitative estimate of drug-likeness (QED) is 0.880. The molecule has 1 atom stereocenters. The fourth-order valence-corrected chi connectivity index (χ4v) is 4.33. The summed E-state index contributed by atoms with van der Waals surface area (Å²) >= 11 is 3.30. The van der Waals surface area contributed by atoms with Crippen molar-refractivity contribution in [3.8, 4) is 0 Å². The molecule has 2 aromatic rings. The van der Waals surface area contributed by atoms with Gasteiger partial charge in [-0.2, -0.15) is 0 Å². The van der Waals surface area contributed by atoms with Crippen molar-refractivity contribution in [3.63, 3.8) is 0 Å². The van der Waals surface area contributed by atoms with E-state index in [2.05, 4.69) is 47.9 Å². The van der Waals surface area contributed by atoms with Crippen LogP contribution in [0.1, 0.15) is 44.9 Å². The van der Waals surface area contributed by atoms with Gasteiger partial charge in [0.05, 0.1) is 10.9 Å². The molecule has 0 aromatic carbocycles. The Kier molecular flexibility index (Phi) is 4.42. The van der Waals surface area contributed by atoms with Gasteiger partial charge in [-0.3, -0.25) is 4.79 Å². The van der Waals surface area contributed by atoms with Crippen LogP contribution < -0.4 is 5.32 Å². The molecule has 3 nitrogen and oxygen atoms in total. The Balaban J connectivity index is 1.65. The molecule has 1 aliphatic carbocycles. The topological polar surface area (TPSA) is 32.3 Å². The zero-order valence-corrected chi connectivity index (χ0v) is 14.0. The molecule has 0 spiro atoms. The molecule has 0 aliphatic heterocycles. The summed E-state index contributed by atoms with van der Waals surface area (Å²) in [7, 11) is 4.11. The van der Waals surface area contributed by atoms with Crippen molar-refractivity contribution in [3.05, 3.63) is 44.3 Å². The largest absolute Gasteiger partial charge is 0.349 e. The summed E-state index contributed by atoms with van der Waals surface area (Å²) < 4.78 is 0. The molecule has 0 saturated heterocycles. The number of hydrogen-bond donors (Lipinski definition) is 1. The van der Waals surface area contributed by atoms with Crippen molar-refractivity contribution in [2.24, 2.45) is 0 Å². The number of nitrogens with one attached hydrogen (secondary N) is 1. The lowest BCUT2D eigenvalue weighted by Crippen LogP contribution is -2.34. The van der Waals surface area contributed by atoms with E-state index in [-0.39, 0.29) is 11.9 Å². The van der Waals surface area contributed by atoms with Crippen LogP contribution in [-0.4, -0.2) is 31.4 Å². The summed E-state index contributed by atoms with van der Waals surface area (Å²) in [6.45, 7) is 0.647. The van der Waals surface area contributed by atoms with E-state index in [1.807, 2.05) is 5.38 Å². The van der Waals surface area contributed by atoms with Gasteiger partial charge in [-0.25, -0.2) is 0 Å². The minimum absolute atomic E-state index is 0.0790. The number of hydrogen-bond acceptors (Lipinski definition) is 4. The first-order chi connectivity index (χ1) is 10.2. The minimum Gasteiger partial charge on any atom is -0.349 e. The summed E-state index contributed by atoms with van der Waals surface area (Å²) in [6.07, 6.45) is 2.46. The maximum Gasteiger partial charge on any atom is 0.261 e. The van der Waals surface area contributed by atoms with Crippen molar-refractivity contribution < 1.29 is 4.79 Å². The van der Waals surface area contributed by atoms with E-state index >= 15 is 0 Å². The first-order valence-electron chi connectivity index (χ1n) is 7.22. The average Bonchev–Trinajstić information content (AvgIpc) is 2.97. The van der Waals surface area contributed by atoms with E-state index in [9.17, 15) is 4.79 Å². The monoisotopic (exact) mass is 320 g/mol. The normalized spacial score (nSPS) is 16.1. The molecule has 3 rings (SSSR count). The highest BCUT2D eigenvalue weighted by Crippen LogP contribution is 2.43. The van der Waals surface area contributed by atoms with Crippen molar-refractivity contribution in [2.45, 2.75) is 24.8 Å². The van der Waals surface area contributed by atoms with Gasteiger partial charge in [-0.1, -0.05) is 6.07 Å². The van der Waals surface area contributed by atoms with Crippen LogP contribution in [0.4, 0.5) is 0 Å². The fraction of sp³-hybridized carbons (Fsp3) is 0.438. The second kappa shape index (κ2) is 6.30. The summed E-state index contributed by atoms with van der Waals surface area (Å²) in [5, 5.41) is 7.23. The molecular weight excluding hydrogens is 300 g/mol. The molecule has 1 saturated carbocycles. The first kappa shape index (κ1) is 14.8. The van der Waals surface area contributed by atoms with Crippen LogP contribution in [0.15, 0.2) is 29.0 Å². The van der Waals surface area contributed by atoms with Gasteiger partial charge in [0, 0.05) is 11.4 Å². The predicted octanol–water partition coefficient (Wildman–Crippen LogP) is 3.72.